The fraction of sp³-hybridized carbons (Fsp3) is 0.778. The standard InChI is InChI=1S/C9H19NO3S/c1-4-5-6-8(14(10,12)13)7-9(2,3)11/h4,8,11H,1,5-7H2,2-3H3,(H2,10,12,13)/t8-/m0/s1. The van der Waals surface area contributed by atoms with Gasteiger partial charge in [0.15, 0.2) is 0 Å². The van der Waals surface area contributed by atoms with Crippen molar-refractivity contribution in [3.8, 4) is 0 Å². The Bertz CT molecular complexity index is 277. The second-order valence-electron chi connectivity index (χ2n) is 4.09. The summed E-state index contributed by atoms with van der Waals surface area (Å²) in [4.78, 5) is 0. The molecule has 4 nitrogen and oxygen atoms in total. The second-order valence-corrected chi connectivity index (χ2v) is 5.94. The van der Waals surface area contributed by atoms with Crippen molar-refractivity contribution in [2.75, 3.05) is 0 Å². The van der Waals surface area contributed by atoms with Crippen molar-refractivity contribution in [2.45, 2.75) is 44.0 Å². The van der Waals surface area contributed by atoms with Crippen molar-refractivity contribution in [1.82, 2.24) is 0 Å². The van der Waals surface area contributed by atoms with Crippen LogP contribution in [0.1, 0.15) is 33.1 Å². The average Bonchev–Trinajstić information content (AvgIpc) is 1.93. The van der Waals surface area contributed by atoms with E-state index in [1.807, 2.05) is 0 Å². The third-order valence-corrected chi connectivity index (χ3v) is 3.22. The van der Waals surface area contributed by atoms with E-state index in [1.165, 1.54) is 0 Å². The van der Waals surface area contributed by atoms with Gasteiger partial charge in [0.1, 0.15) is 0 Å². The summed E-state index contributed by atoms with van der Waals surface area (Å²) in [7, 11) is -3.58. The summed E-state index contributed by atoms with van der Waals surface area (Å²) in [5.41, 5.74) is -1.02. The van der Waals surface area contributed by atoms with Gasteiger partial charge in [-0.15, -0.1) is 6.58 Å². The van der Waals surface area contributed by atoms with E-state index in [4.69, 9.17) is 5.14 Å². The van der Waals surface area contributed by atoms with E-state index >= 15 is 0 Å². The molecule has 84 valence electrons. The highest BCUT2D eigenvalue weighted by Crippen LogP contribution is 2.19. The van der Waals surface area contributed by atoms with Gasteiger partial charge in [0.2, 0.25) is 10.0 Å². The quantitative estimate of drug-likeness (QED) is 0.650. The monoisotopic (exact) mass is 221 g/mol. The Labute approximate surface area is 85.9 Å². The normalized spacial score (nSPS) is 15.1. The molecule has 5 heteroatoms. The van der Waals surface area contributed by atoms with Crippen molar-refractivity contribution in [3.05, 3.63) is 12.7 Å². The number of allylic oxidation sites excluding steroid dienone is 1. The van der Waals surface area contributed by atoms with Crippen molar-refractivity contribution in [2.24, 2.45) is 5.14 Å². The Hall–Kier alpha value is -0.390. The van der Waals surface area contributed by atoms with Crippen LogP contribution in [0.4, 0.5) is 0 Å². The number of primary sulfonamides is 1. The van der Waals surface area contributed by atoms with Crippen LogP contribution in [0, 0.1) is 0 Å². The van der Waals surface area contributed by atoms with Crippen LogP contribution >= 0.6 is 0 Å². The number of hydrogen-bond acceptors (Lipinski definition) is 3. The molecule has 0 rings (SSSR count). The molecule has 0 aliphatic rings. The van der Waals surface area contributed by atoms with Gasteiger partial charge < -0.3 is 5.11 Å². The lowest BCUT2D eigenvalue weighted by molar-refractivity contribution is 0.0692. The Balaban J connectivity index is 4.50. The highest BCUT2D eigenvalue weighted by molar-refractivity contribution is 7.89. The van der Waals surface area contributed by atoms with Gasteiger partial charge in [-0.3, -0.25) is 0 Å². The van der Waals surface area contributed by atoms with E-state index in [0.29, 0.717) is 12.8 Å². The molecule has 0 heterocycles. The van der Waals surface area contributed by atoms with E-state index in [9.17, 15) is 13.5 Å². The molecule has 14 heavy (non-hydrogen) atoms. The maximum atomic E-state index is 11.1. The average molecular weight is 221 g/mol. The van der Waals surface area contributed by atoms with Gasteiger partial charge in [-0.05, 0) is 33.1 Å². The van der Waals surface area contributed by atoms with E-state index in [2.05, 4.69) is 6.58 Å². The van der Waals surface area contributed by atoms with Crippen LogP contribution in [0.25, 0.3) is 0 Å². The molecular weight excluding hydrogens is 202 g/mol. The van der Waals surface area contributed by atoms with Crippen molar-refractivity contribution >= 4 is 10.0 Å². The van der Waals surface area contributed by atoms with Gasteiger partial charge in [0.25, 0.3) is 0 Å². The van der Waals surface area contributed by atoms with E-state index in [1.54, 1.807) is 19.9 Å². The van der Waals surface area contributed by atoms with Crippen molar-refractivity contribution in [1.29, 1.82) is 0 Å². The molecule has 0 amide bonds. The first-order valence-corrected chi connectivity index (χ1v) is 6.12. The first-order valence-electron chi connectivity index (χ1n) is 4.51. The SMILES string of the molecule is C=CCC[C@@H](CC(C)(C)O)S(N)(=O)=O. The lowest BCUT2D eigenvalue weighted by Gasteiger charge is -2.23. The van der Waals surface area contributed by atoms with Crippen LogP contribution in [0.2, 0.25) is 0 Å². The number of nitrogens with two attached hydrogens (primary N) is 1. The number of rotatable bonds is 6. The van der Waals surface area contributed by atoms with Crippen molar-refractivity contribution in [3.63, 3.8) is 0 Å². The number of hydrogen-bond donors (Lipinski definition) is 2. The smallest absolute Gasteiger partial charge is 0.212 e. The molecule has 0 fully saturated rings. The Morgan fingerprint density at radius 1 is 1.57 bits per heavy atom. The molecule has 0 bridgehead atoms. The summed E-state index contributed by atoms with van der Waals surface area (Å²) in [6, 6.07) is 0. The minimum absolute atomic E-state index is 0.152. The molecule has 3 N–H and O–H groups in total. The second kappa shape index (κ2) is 4.91. The van der Waals surface area contributed by atoms with Gasteiger partial charge in [-0.1, -0.05) is 6.08 Å². The molecule has 0 aliphatic carbocycles. The van der Waals surface area contributed by atoms with E-state index < -0.39 is 20.9 Å². The summed E-state index contributed by atoms with van der Waals surface area (Å²) < 4.78 is 22.3. The summed E-state index contributed by atoms with van der Waals surface area (Å²) in [6.07, 6.45) is 2.78. The zero-order chi connectivity index (χ0) is 11.4. The Morgan fingerprint density at radius 2 is 2.07 bits per heavy atom. The van der Waals surface area contributed by atoms with Gasteiger partial charge in [0, 0.05) is 0 Å². The third kappa shape index (κ3) is 6.12. The van der Waals surface area contributed by atoms with Crippen LogP contribution in [0.15, 0.2) is 12.7 Å². The van der Waals surface area contributed by atoms with Crippen molar-refractivity contribution < 1.29 is 13.5 Å². The predicted octanol–water partition coefficient (Wildman–Crippen LogP) is 0.771. The summed E-state index contributed by atoms with van der Waals surface area (Å²) in [5.74, 6) is 0. The molecule has 0 unspecified atom stereocenters. The van der Waals surface area contributed by atoms with Gasteiger partial charge >= 0.3 is 0 Å². The highest BCUT2D eigenvalue weighted by Gasteiger charge is 2.27. The summed E-state index contributed by atoms with van der Waals surface area (Å²) in [6.45, 7) is 6.65. The largest absolute Gasteiger partial charge is 0.390 e. The lowest BCUT2D eigenvalue weighted by atomic mass is 10.0. The maximum absolute atomic E-state index is 11.1. The zero-order valence-corrected chi connectivity index (χ0v) is 9.55. The van der Waals surface area contributed by atoms with Gasteiger partial charge in [-0.25, -0.2) is 13.6 Å². The number of aliphatic hydroxyl groups is 1. The molecule has 0 aromatic rings. The molecule has 0 saturated heterocycles. The topological polar surface area (TPSA) is 80.4 Å². The van der Waals surface area contributed by atoms with Crippen LogP contribution in [0.3, 0.4) is 0 Å². The fourth-order valence-corrected chi connectivity index (χ4v) is 2.35. The van der Waals surface area contributed by atoms with Crippen LogP contribution < -0.4 is 5.14 Å². The highest BCUT2D eigenvalue weighted by atomic mass is 32.2. The van der Waals surface area contributed by atoms with Gasteiger partial charge in [-0.2, -0.15) is 0 Å². The molecule has 0 aromatic heterocycles. The van der Waals surface area contributed by atoms with Crippen LogP contribution in [-0.2, 0) is 10.0 Å². The molecule has 0 aromatic carbocycles. The molecule has 0 spiro atoms. The molecule has 1 atom stereocenters. The number of sulfonamides is 1. The minimum Gasteiger partial charge on any atom is -0.390 e. The van der Waals surface area contributed by atoms with Gasteiger partial charge in [0.05, 0.1) is 10.9 Å². The first-order chi connectivity index (χ1) is 6.17. The Kier molecular flexibility index (Phi) is 4.77. The first kappa shape index (κ1) is 13.6. The molecule has 0 radical (unpaired) electrons. The zero-order valence-electron chi connectivity index (χ0n) is 8.73. The minimum atomic E-state index is -3.58. The van der Waals surface area contributed by atoms with E-state index in [-0.39, 0.29) is 6.42 Å². The Morgan fingerprint density at radius 3 is 2.36 bits per heavy atom. The summed E-state index contributed by atoms with van der Waals surface area (Å²) >= 11 is 0. The maximum Gasteiger partial charge on any atom is 0.212 e. The molecule has 0 aliphatic heterocycles. The van der Waals surface area contributed by atoms with Crippen LogP contribution in [0.5, 0.6) is 0 Å². The molecular formula is C9H19NO3S. The van der Waals surface area contributed by atoms with E-state index in [0.717, 1.165) is 0 Å². The molecule has 0 saturated carbocycles. The summed E-state index contributed by atoms with van der Waals surface area (Å²) in [5, 5.41) is 13.9. The third-order valence-electron chi connectivity index (χ3n) is 1.88. The predicted molar refractivity (Wildman–Crippen MR) is 57.2 cm³/mol. The fourth-order valence-electron chi connectivity index (χ4n) is 1.24. The van der Waals surface area contributed by atoms with Crippen LogP contribution in [-0.4, -0.2) is 24.4 Å². The lowest BCUT2D eigenvalue weighted by Crippen LogP contribution is -2.35.